The molecule has 2 aliphatic rings. The molecule has 178 valence electrons. The second-order valence-electron chi connectivity index (χ2n) is 9.00. The van der Waals surface area contributed by atoms with Gasteiger partial charge >= 0.3 is 5.97 Å². The van der Waals surface area contributed by atoms with E-state index in [0.29, 0.717) is 18.5 Å². The maximum atomic E-state index is 13.5. The second-order valence-corrected chi connectivity index (χ2v) is 9.00. The average molecular weight is 467 g/mol. The summed E-state index contributed by atoms with van der Waals surface area (Å²) in [4.78, 5) is 52.3. The molecule has 0 fully saturated rings. The molecule has 4 rings (SSSR count). The molecule has 3 amide bonds. The number of carboxylic acids is 1. The van der Waals surface area contributed by atoms with Crippen LogP contribution in [0.25, 0.3) is 0 Å². The molecule has 2 aromatic carbocycles. The number of nitrogens with zero attached hydrogens (tertiary/aromatic N) is 1. The van der Waals surface area contributed by atoms with Crippen molar-refractivity contribution in [2.75, 3.05) is 4.90 Å². The number of carboxylic acid groups (broad SMARTS) is 1. The predicted molar refractivity (Wildman–Crippen MR) is 122 cm³/mol. The third-order valence-electron chi connectivity index (χ3n) is 6.33. The van der Waals surface area contributed by atoms with Crippen LogP contribution in [0, 0.1) is 11.7 Å². The van der Waals surface area contributed by atoms with Gasteiger partial charge in [0.25, 0.3) is 5.91 Å². The van der Waals surface area contributed by atoms with Gasteiger partial charge in [0, 0.05) is 12.0 Å². The van der Waals surface area contributed by atoms with Crippen LogP contribution in [-0.4, -0.2) is 46.9 Å². The van der Waals surface area contributed by atoms with Crippen molar-refractivity contribution in [1.82, 2.24) is 10.6 Å². The molecule has 0 aromatic heterocycles. The minimum Gasteiger partial charge on any atom is -0.480 e. The Morgan fingerprint density at radius 2 is 1.82 bits per heavy atom. The zero-order valence-electron chi connectivity index (χ0n) is 18.9. The van der Waals surface area contributed by atoms with E-state index in [9.17, 15) is 28.7 Å². The number of amides is 3. The van der Waals surface area contributed by atoms with Gasteiger partial charge in [0.15, 0.2) is 0 Å². The van der Waals surface area contributed by atoms with Crippen LogP contribution in [0.4, 0.5) is 10.1 Å². The fourth-order valence-corrected chi connectivity index (χ4v) is 4.61. The van der Waals surface area contributed by atoms with Crippen molar-refractivity contribution in [3.05, 3.63) is 65.0 Å². The Morgan fingerprint density at radius 1 is 1.12 bits per heavy atom. The monoisotopic (exact) mass is 467 g/mol. The first-order chi connectivity index (χ1) is 16.2. The van der Waals surface area contributed by atoms with E-state index in [1.165, 1.54) is 23.1 Å². The van der Waals surface area contributed by atoms with Gasteiger partial charge in [-0.3, -0.25) is 19.3 Å². The van der Waals surface area contributed by atoms with Crippen LogP contribution in [0.2, 0.25) is 0 Å². The lowest BCUT2D eigenvalue weighted by molar-refractivity contribution is -0.140. The van der Waals surface area contributed by atoms with Gasteiger partial charge in [-0.05, 0) is 48.1 Å². The maximum absolute atomic E-state index is 13.5. The number of carbonyl (C=O) groups is 4. The van der Waals surface area contributed by atoms with E-state index in [1.54, 1.807) is 13.8 Å². The number of para-hydroxylation sites is 1. The van der Waals surface area contributed by atoms with Crippen molar-refractivity contribution in [2.24, 2.45) is 5.92 Å². The summed E-state index contributed by atoms with van der Waals surface area (Å²) in [5.41, 5.74) is 2.36. The largest absolute Gasteiger partial charge is 0.480 e. The minimum absolute atomic E-state index is 0.0772. The Morgan fingerprint density at radius 3 is 2.50 bits per heavy atom. The predicted octanol–water partition coefficient (Wildman–Crippen LogP) is 2.05. The third-order valence-corrected chi connectivity index (χ3v) is 6.33. The number of anilines is 1. The van der Waals surface area contributed by atoms with Gasteiger partial charge in [-0.15, -0.1) is 0 Å². The fraction of sp³-hybridized carbons (Fsp3) is 0.360. The molecular formula is C25H26FN3O5. The molecule has 0 aliphatic carbocycles. The summed E-state index contributed by atoms with van der Waals surface area (Å²) >= 11 is 0. The topological polar surface area (TPSA) is 116 Å². The molecule has 2 heterocycles. The number of hydrogen-bond acceptors (Lipinski definition) is 4. The highest BCUT2D eigenvalue weighted by atomic mass is 19.1. The van der Waals surface area contributed by atoms with E-state index in [-0.39, 0.29) is 17.9 Å². The number of aryl methyl sites for hydroxylation is 1. The number of nitrogens with one attached hydrogen (secondary N) is 2. The van der Waals surface area contributed by atoms with E-state index >= 15 is 0 Å². The van der Waals surface area contributed by atoms with E-state index in [2.05, 4.69) is 10.6 Å². The molecule has 2 aliphatic heterocycles. The molecule has 34 heavy (non-hydrogen) atoms. The van der Waals surface area contributed by atoms with Gasteiger partial charge in [0.05, 0.1) is 5.69 Å². The molecule has 0 radical (unpaired) electrons. The van der Waals surface area contributed by atoms with E-state index in [4.69, 9.17) is 0 Å². The fourth-order valence-electron chi connectivity index (χ4n) is 4.61. The van der Waals surface area contributed by atoms with Crippen molar-refractivity contribution in [2.45, 2.75) is 51.2 Å². The summed E-state index contributed by atoms with van der Waals surface area (Å²) in [5, 5.41) is 15.1. The summed E-state index contributed by atoms with van der Waals surface area (Å²) in [7, 11) is 0. The van der Waals surface area contributed by atoms with Crippen molar-refractivity contribution < 1.29 is 28.7 Å². The molecular weight excluding hydrogens is 441 g/mol. The molecule has 9 heteroatoms. The highest BCUT2D eigenvalue weighted by molar-refractivity contribution is 6.07. The number of benzene rings is 2. The van der Waals surface area contributed by atoms with Crippen LogP contribution in [0.5, 0.6) is 0 Å². The van der Waals surface area contributed by atoms with Gasteiger partial charge in [-0.25, -0.2) is 9.18 Å². The van der Waals surface area contributed by atoms with Crippen LogP contribution in [-0.2, 0) is 27.2 Å². The van der Waals surface area contributed by atoms with Gasteiger partial charge in [-0.2, -0.15) is 0 Å². The normalized spacial score (nSPS) is 19.9. The average Bonchev–Trinajstić information content (AvgIpc) is 3.13. The SMILES string of the molecule is CC(C)[C@H](NC(=O)c1cccc(F)c1)C(=O)N[C@H]1CCc2cccc3c2N(C1=O)[C@H](C(=O)O)C3. The number of carbonyl (C=O) groups excluding carboxylic acids is 3. The lowest BCUT2D eigenvalue weighted by Crippen LogP contribution is -2.57. The molecule has 8 nitrogen and oxygen atoms in total. The first-order valence-corrected chi connectivity index (χ1v) is 11.2. The number of aliphatic carboxylic acids is 1. The molecule has 0 saturated heterocycles. The Hall–Kier alpha value is -3.75. The van der Waals surface area contributed by atoms with Crippen molar-refractivity contribution in [3.63, 3.8) is 0 Å². The van der Waals surface area contributed by atoms with Gasteiger partial charge in [0.1, 0.15) is 23.9 Å². The van der Waals surface area contributed by atoms with Crippen LogP contribution in [0.15, 0.2) is 42.5 Å². The lowest BCUT2D eigenvalue weighted by atomic mass is 9.99. The van der Waals surface area contributed by atoms with E-state index in [0.717, 1.165) is 17.2 Å². The van der Waals surface area contributed by atoms with Crippen LogP contribution < -0.4 is 15.5 Å². The van der Waals surface area contributed by atoms with Crippen LogP contribution >= 0.6 is 0 Å². The Kier molecular flexibility index (Phi) is 6.37. The Balaban J connectivity index is 1.54. The zero-order chi connectivity index (χ0) is 24.6. The maximum Gasteiger partial charge on any atom is 0.327 e. The summed E-state index contributed by atoms with van der Waals surface area (Å²) in [5.74, 6) is -3.65. The standard InChI is InChI=1S/C25H26FN3O5/c1-13(2)20(28-22(30)16-7-4-8-17(26)11-16)23(31)27-18-10-9-14-5-3-6-15-12-19(25(33)34)29(21(14)15)24(18)32/h3-8,11,13,18-20H,9-10,12H2,1-2H3,(H,27,31)(H,28,30)(H,33,34)/t18-,19-,20-/m0/s1. The molecule has 0 bridgehead atoms. The molecule has 3 N–H and O–H groups in total. The summed E-state index contributed by atoms with van der Waals surface area (Å²) in [6.45, 7) is 3.49. The van der Waals surface area contributed by atoms with Crippen LogP contribution in [0.3, 0.4) is 0 Å². The van der Waals surface area contributed by atoms with E-state index < -0.39 is 47.6 Å². The van der Waals surface area contributed by atoms with Crippen molar-refractivity contribution in [3.8, 4) is 0 Å². The number of rotatable bonds is 6. The first-order valence-electron chi connectivity index (χ1n) is 11.2. The van der Waals surface area contributed by atoms with Gasteiger partial charge < -0.3 is 15.7 Å². The summed E-state index contributed by atoms with van der Waals surface area (Å²) < 4.78 is 13.5. The summed E-state index contributed by atoms with van der Waals surface area (Å²) in [6, 6.07) is 7.71. The molecule has 0 spiro atoms. The van der Waals surface area contributed by atoms with Crippen molar-refractivity contribution in [1.29, 1.82) is 0 Å². The quantitative estimate of drug-likeness (QED) is 0.602. The summed E-state index contributed by atoms with van der Waals surface area (Å²) in [6.07, 6.45) is 1.00. The van der Waals surface area contributed by atoms with Gasteiger partial charge in [-0.1, -0.05) is 38.1 Å². The first kappa shape index (κ1) is 23.4. The Labute approximate surface area is 196 Å². The van der Waals surface area contributed by atoms with E-state index in [1.807, 2.05) is 18.2 Å². The molecule has 0 unspecified atom stereocenters. The highest BCUT2D eigenvalue weighted by Crippen LogP contribution is 2.39. The second kappa shape index (κ2) is 9.24. The smallest absolute Gasteiger partial charge is 0.327 e. The Bertz CT molecular complexity index is 1160. The van der Waals surface area contributed by atoms with Crippen molar-refractivity contribution >= 4 is 29.4 Å². The van der Waals surface area contributed by atoms with Gasteiger partial charge in [0.2, 0.25) is 11.8 Å². The highest BCUT2D eigenvalue weighted by Gasteiger charge is 2.44. The number of hydrogen-bond donors (Lipinski definition) is 3. The zero-order valence-corrected chi connectivity index (χ0v) is 18.9. The third kappa shape index (κ3) is 4.37. The molecule has 2 aromatic rings. The van der Waals surface area contributed by atoms with Crippen LogP contribution in [0.1, 0.15) is 41.8 Å². The number of halogens is 1. The molecule has 3 atom stereocenters. The molecule has 0 saturated carbocycles. The lowest BCUT2D eigenvalue weighted by Gasteiger charge is -2.28. The minimum atomic E-state index is -1.11.